The molecule has 0 aromatic carbocycles. The van der Waals surface area contributed by atoms with Gasteiger partial charge in [0, 0.05) is 6.42 Å². The lowest BCUT2D eigenvalue weighted by atomic mass is 9.99. The molecule has 0 aromatic heterocycles. The smallest absolute Gasteiger partial charge is 0.306 e. The zero-order chi connectivity index (χ0) is 54.7. The zero-order valence-electron chi connectivity index (χ0n) is 47.9. The molecule has 8 atom stereocenters. The van der Waals surface area contributed by atoms with Crippen molar-refractivity contribution in [2.24, 2.45) is 0 Å². The van der Waals surface area contributed by atoms with Crippen LogP contribution in [-0.2, 0) is 23.8 Å². The molecule has 1 heterocycles. The fraction of sp³-hybridized carbons (Fsp3) is 0.781. The van der Waals surface area contributed by atoms with E-state index in [-0.39, 0.29) is 19.4 Å². The second kappa shape index (κ2) is 51.8. The summed E-state index contributed by atoms with van der Waals surface area (Å²) in [5.41, 5.74) is 0. The van der Waals surface area contributed by atoms with E-state index >= 15 is 0 Å². The molecular formula is C64H113NO10. The molecule has 0 saturated carbocycles. The molecule has 8 unspecified atom stereocenters. The molecule has 0 bridgehead atoms. The Morgan fingerprint density at radius 1 is 0.520 bits per heavy atom. The number of unbranched alkanes of at least 4 members (excludes halogenated alkanes) is 27. The van der Waals surface area contributed by atoms with E-state index in [1.54, 1.807) is 6.08 Å². The number of carbonyl (C=O) groups is 2. The molecule has 0 aromatic rings. The first-order valence-corrected chi connectivity index (χ1v) is 30.7. The van der Waals surface area contributed by atoms with Crippen LogP contribution in [0.5, 0.6) is 0 Å². The Kier molecular flexibility index (Phi) is 48.5. The summed E-state index contributed by atoms with van der Waals surface area (Å²) in [6.45, 7) is 5.72. The molecule has 1 amide bonds. The van der Waals surface area contributed by atoms with Crippen LogP contribution < -0.4 is 5.32 Å². The summed E-state index contributed by atoms with van der Waals surface area (Å²) in [5, 5.41) is 56.9. The number of aliphatic hydroxyl groups excluding tert-OH is 5. The minimum absolute atomic E-state index is 0.114. The summed E-state index contributed by atoms with van der Waals surface area (Å²) >= 11 is 0. The molecule has 6 N–H and O–H groups in total. The quantitative estimate of drug-likeness (QED) is 0.0195. The van der Waals surface area contributed by atoms with Crippen molar-refractivity contribution >= 4 is 11.9 Å². The molecule has 1 aliphatic heterocycles. The van der Waals surface area contributed by atoms with Gasteiger partial charge in [0.05, 0.1) is 25.4 Å². The minimum atomic E-state index is -1.62. The number of hydrogen-bond donors (Lipinski definition) is 6. The Labute approximate surface area is 458 Å². The van der Waals surface area contributed by atoms with Gasteiger partial charge in [-0.1, -0.05) is 229 Å². The third-order valence-corrected chi connectivity index (χ3v) is 14.1. The summed E-state index contributed by atoms with van der Waals surface area (Å²) in [6, 6.07) is -1.04. The average molecular weight is 1060 g/mol. The van der Waals surface area contributed by atoms with Crippen LogP contribution in [0.15, 0.2) is 72.9 Å². The van der Waals surface area contributed by atoms with Crippen molar-refractivity contribution < 1.29 is 49.3 Å². The summed E-state index contributed by atoms with van der Waals surface area (Å²) in [6.07, 6.45) is 55.1. The van der Waals surface area contributed by atoms with Crippen LogP contribution in [0.3, 0.4) is 0 Å². The maximum atomic E-state index is 13.4. The number of allylic oxidation sites excluding steroid dienone is 11. The molecule has 0 spiro atoms. The molecule has 1 fully saturated rings. The van der Waals surface area contributed by atoms with E-state index in [9.17, 15) is 35.1 Å². The van der Waals surface area contributed by atoms with Crippen molar-refractivity contribution in [3.63, 3.8) is 0 Å². The van der Waals surface area contributed by atoms with E-state index in [4.69, 9.17) is 14.2 Å². The molecule has 1 rings (SSSR count). The van der Waals surface area contributed by atoms with Crippen LogP contribution >= 0.6 is 0 Å². The van der Waals surface area contributed by atoms with Crippen molar-refractivity contribution in [3.05, 3.63) is 72.9 Å². The van der Waals surface area contributed by atoms with Gasteiger partial charge in [0.1, 0.15) is 24.4 Å². The topological polar surface area (TPSA) is 175 Å². The number of rotatable bonds is 51. The average Bonchev–Trinajstić information content (AvgIpc) is 3.41. The van der Waals surface area contributed by atoms with Gasteiger partial charge >= 0.3 is 5.97 Å². The zero-order valence-corrected chi connectivity index (χ0v) is 47.9. The Morgan fingerprint density at radius 3 is 1.43 bits per heavy atom. The molecule has 75 heavy (non-hydrogen) atoms. The van der Waals surface area contributed by atoms with Crippen LogP contribution in [0, 0.1) is 0 Å². The lowest BCUT2D eigenvalue weighted by Gasteiger charge is -2.41. The number of carbonyl (C=O) groups excluding carboxylic acids is 2. The molecule has 0 radical (unpaired) electrons. The van der Waals surface area contributed by atoms with E-state index < -0.39 is 67.4 Å². The summed E-state index contributed by atoms with van der Waals surface area (Å²) < 4.78 is 17.6. The number of ether oxygens (including phenoxy) is 3. The molecule has 1 aliphatic rings. The Hall–Kier alpha value is -2.90. The molecule has 1 saturated heterocycles. The Morgan fingerprint density at radius 2 is 0.920 bits per heavy atom. The van der Waals surface area contributed by atoms with Crippen molar-refractivity contribution in [3.8, 4) is 0 Å². The first kappa shape index (κ1) is 70.1. The van der Waals surface area contributed by atoms with Gasteiger partial charge in [-0.2, -0.15) is 0 Å². The van der Waals surface area contributed by atoms with Crippen molar-refractivity contribution in [2.45, 2.75) is 307 Å². The largest absolute Gasteiger partial charge is 0.454 e. The highest BCUT2D eigenvalue weighted by molar-refractivity contribution is 5.80. The molecule has 11 nitrogen and oxygen atoms in total. The standard InChI is InChI=1S/C64H113NO10/c1-4-7-10-13-16-19-22-24-26-27-28-29-30-32-33-36-39-42-45-48-51-57(68)63(72)65-55(56(67)50-47-44-41-38-35-21-18-15-12-9-6-3)54-73-64-62(61(71)60(70)58(53-66)74-64)75-59(69)52-49-46-43-40-37-34-31-25-23-20-17-14-11-8-5-2/h16,19-20,23-24,26,28-29,32-33,47,50,55-58,60-62,64,66-68,70-71H,4-15,17-18,21-22,25,27,30-31,34-46,48-49,51-54H2,1-3H3,(H,65,72)/b19-16-,23-20-,26-24-,29-28-,33-32-,50-47+. The Balaban J connectivity index is 2.70. The van der Waals surface area contributed by atoms with Gasteiger partial charge in [0.2, 0.25) is 5.91 Å². The predicted octanol–water partition coefficient (Wildman–Crippen LogP) is 14.4. The van der Waals surface area contributed by atoms with Crippen molar-refractivity contribution in [1.29, 1.82) is 0 Å². The predicted molar refractivity (Wildman–Crippen MR) is 310 cm³/mol. The van der Waals surface area contributed by atoms with Gasteiger partial charge < -0.3 is 45.1 Å². The van der Waals surface area contributed by atoms with Crippen LogP contribution in [0.4, 0.5) is 0 Å². The lowest BCUT2D eigenvalue weighted by molar-refractivity contribution is -0.305. The number of hydrogen-bond acceptors (Lipinski definition) is 10. The van der Waals surface area contributed by atoms with Gasteiger partial charge in [0.15, 0.2) is 12.4 Å². The fourth-order valence-corrected chi connectivity index (χ4v) is 9.16. The molecular weight excluding hydrogens is 943 g/mol. The van der Waals surface area contributed by atoms with Crippen LogP contribution in [0.1, 0.15) is 258 Å². The number of nitrogens with one attached hydrogen (secondary N) is 1. The van der Waals surface area contributed by atoms with Gasteiger partial charge in [-0.25, -0.2) is 0 Å². The summed E-state index contributed by atoms with van der Waals surface area (Å²) in [7, 11) is 0. The normalized spacial score (nSPS) is 19.7. The second-order valence-electron chi connectivity index (χ2n) is 21.1. The van der Waals surface area contributed by atoms with E-state index in [0.29, 0.717) is 12.8 Å². The highest BCUT2D eigenvalue weighted by atomic mass is 16.7. The summed E-state index contributed by atoms with van der Waals surface area (Å²) in [5.74, 6) is -1.22. The van der Waals surface area contributed by atoms with Crippen LogP contribution in [-0.4, -0.2) is 99.6 Å². The van der Waals surface area contributed by atoms with Gasteiger partial charge in [-0.3, -0.25) is 9.59 Å². The van der Waals surface area contributed by atoms with Crippen LogP contribution in [0.25, 0.3) is 0 Å². The lowest BCUT2D eigenvalue weighted by Crippen LogP contribution is -2.61. The third kappa shape index (κ3) is 40.0. The van der Waals surface area contributed by atoms with Gasteiger partial charge in [-0.15, -0.1) is 0 Å². The number of amides is 1. The Bertz CT molecular complexity index is 1490. The van der Waals surface area contributed by atoms with Gasteiger partial charge in [0.25, 0.3) is 0 Å². The van der Waals surface area contributed by atoms with E-state index in [1.807, 2.05) is 6.08 Å². The molecule has 11 heteroatoms. The van der Waals surface area contributed by atoms with Gasteiger partial charge in [-0.05, 0) is 96.3 Å². The monoisotopic (exact) mass is 1060 g/mol. The van der Waals surface area contributed by atoms with Crippen molar-refractivity contribution in [2.75, 3.05) is 13.2 Å². The number of esters is 1. The fourth-order valence-electron chi connectivity index (χ4n) is 9.16. The SMILES string of the molecule is CCCCC/C=C\C/C=C\C/C=C\C/C=C\CCCCCCC(O)C(=O)NC(COC1OC(CO)C(O)C(O)C1OC(=O)CCCCCCCCC/C=C\CCCCCC)C(O)/C=C/CCCCCCCCCCC. The van der Waals surface area contributed by atoms with E-state index in [1.165, 1.54) is 116 Å². The number of aliphatic hydroxyl groups is 5. The van der Waals surface area contributed by atoms with Crippen molar-refractivity contribution in [1.82, 2.24) is 5.32 Å². The maximum Gasteiger partial charge on any atom is 0.306 e. The third-order valence-electron chi connectivity index (χ3n) is 14.1. The molecule has 0 aliphatic carbocycles. The minimum Gasteiger partial charge on any atom is -0.454 e. The van der Waals surface area contributed by atoms with Crippen LogP contribution in [0.2, 0.25) is 0 Å². The second-order valence-corrected chi connectivity index (χ2v) is 21.1. The highest BCUT2D eigenvalue weighted by Gasteiger charge is 2.47. The first-order valence-electron chi connectivity index (χ1n) is 30.7. The van der Waals surface area contributed by atoms with E-state index in [0.717, 1.165) is 96.3 Å². The first-order chi connectivity index (χ1) is 36.7. The molecule has 434 valence electrons. The highest BCUT2D eigenvalue weighted by Crippen LogP contribution is 2.26. The maximum absolute atomic E-state index is 13.4. The summed E-state index contributed by atoms with van der Waals surface area (Å²) in [4.78, 5) is 26.5. The van der Waals surface area contributed by atoms with E-state index in [2.05, 4.69) is 86.8 Å².